The van der Waals surface area contributed by atoms with Gasteiger partial charge in [-0.05, 0) is 50.7 Å². The van der Waals surface area contributed by atoms with Crippen molar-refractivity contribution in [2.75, 3.05) is 7.11 Å². The van der Waals surface area contributed by atoms with Crippen molar-refractivity contribution in [3.63, 3.8) is 0 Å². The molecule has 1 rings (SSSR count). The van der Waals surface area contributed by atoms with E-state index in [0.717, 1.165) is 18.6 Å². The number of para-hydroxylation sites is 1. The van der Waals surface area contributed by atoms with Crippen LogP contribution >= 0.6 is 0 Å². The van der Waals surface area contributed by atoms with Crippen molar-refractivity contribution >= 4 is 0 Å². The molecule has 0 aromatic heterocycles. The lowest BCUT2D eigenvalue weighted by Gasteiger charge is -2.36. The van der Waals surface area contributed by atoms with Crippen molar-refractivity contribution in [2.45, 2.75) is 66.0 Å². The predicted molar refractivity (Wildman–Crippen MR) is 87.4 cm³/mol. The molecular formula is C18H31NO. The smallest absolute Gasteiger partial charge is 0.122 e. The van der Waals surface area contributed by atoms with Crippen molar-refractivity contribution in [1.82, 2.24) is 5.32 Å². The second-order valence-corrected chi connectivity index (χ2v) is 7.68. The molecule has 1 aromatic rings. The molecule has 0 saturated heterocycles. The minimum atomic E-state index is 0.139. The Morgan fingerprint density at radius 1 is 1.10 bits per heavy atom. The van der Waals surface area contributed by atoms with E-state index in [1.807, 2.05) is 12.1 Å². The zero-order valence-electron chi connectivity index (χ0n) is 14.2. The number of rotatable bonds is 6. The topological polar surface area (TPSA) is 21.3 Å². The van der Waals surface area contributed by atoms with Gasteiger partial charge in [0.05, 0.1) is 7.11 Å². The maximum absolute atomic E-state index is 5.43. The van der Waals surface area contributed by atoms with E-state index in [-0.39, 0.29) is 5.54 Å². The normalized spacial score (nSPS) is 14.2. The van der Waals surface area contributed by atoms with Crippen molar-refractivity contribution in [1.29, 1.82) is 0 Å². The average Bonchev–Trinajstić information content (AvgIpc) is 2.25. The number of ether oxygens (including phenoxy) is 1. The highest BCUT2D eigenvalue weighted by molar-refractivity contribution is 5.33. The summed E-state index contributed by atoms with van der Waals surface area (Å²) in [4.78, 5) is 0. The summed E-state index contributed by atoms with van der Waals surface area (Å²) in [6.07, 6.45) is 2.13. The molecule has 0 aliphatic rings. The molecular weight excluding hydrogens is 246 g/mol. The van der Waals surface area contributed by atoms with E-state index < -0.39 is 0 Å². The van der Waals surface area contributed by atoms with Gasteiger partial charge in [0, 0.05) is 11.6 Å². The number of nitrogens with one attached hydrogen (secondary N) is 1. The van der Waals surface area contributed by atoms with Crippen LogP contribution in [0.15, 0.2) is 24.3 Å². The lowest BCUT2D eigenvalue weighted by molar-refractivity contribution is 0.225. The van der Waals surface area contributed by atoms with E-state index in [1.54, 1.807) is 7.11 Å². The first-order valence-corrected chi connectivity index (χ1v) is 7.52. The van der Waals surface area contributed by atoms with E-state index in [0.29, 0.717) is 11.5 Å². The second kappa shape index (κ2) is 6.62. The fourth-order valence-corrected chi connectivity index (χ4v) is 3.30. The predicted octanol–water partition coefficient (Wildman–Crippen LogP) is 4.43. The second-order valence-electron chi connectivity index (χ2n) is 7.68. The fraction of sp³-hybridized carbons (Fsp3) is 0.667. The van der Waals surface area contributed by atoms with E-state index >= 15 is 0 Å². The highest BCUT2D eigenvalue weighted by Gasteiger charge is 2.26. The lowest BCUT2D eigenvalue weighted by atomic mass is 9.81. The van der Waals surface area contributed by atoms with Gasteiger partial charge in [0.15, 0.2) is 0 Å². The standard InChI is InChI=1S/C18H31NO/c1-14(19-18(5,6)13-17(2,3)4)12-15-10-8-9-11-16(15)20-7/h8-11,14,19H,12-13H2,1-7H3. The van der Waals surface area contributed by atoms with Crippen LogP contribution in [0.5, 0.6) is 5.75 Å². The largest absolute Gasteiger partial charge is 0.496 e. The molecule has 0 radical (unpaired) electrons. The highest BCUT2D eigenvalue weighted by Crippen LogP contribution is 2.27. The molecule has 0 fully saturated rings. The summed E-state index contributed by atoms with van der Waals surface area (Å²) >= 11 is 0. The molecule has 1 aromatic carbocycles. The first kappa shape index (κ1) is 17.0. The van der Waals surface area contributed by atoms with Gasteiger partial charge < -0.3 is 10.1 Å². The molecule has 0 spiro atoms. The molecule has 0 amide bonds. The molecule has 0 saturated carbocycles. The molecule has 0 bridgehead atoms. The van der Waals surface area contributed by atoms with Gasteiger partial charge in [-0.1, -0.05) is 39.0 Å². The lowest BCUT2D eigenvalue weighted by Crippen LogP contribution is -2.47. The molecule has 0 heterocycles. The van der Waals surface area contributed by atoms with Crippen LogP contribution in [0.1, 0.15) is 53.5 Å². The summed E-state index contributed by atoms with van der Waals surface area (Å²) < 4.78 is 5.43. The van der Waals surface area contributed by atoms with Gasteiger partial charge in [-0.25, -0.2) is 0 Å². The minimum Gasteiger partial charge on any atom is -0.496 e. The molecule has 2 nitrogen and oxygen atoms in total. The maximum Gasteiger partial charge on any atom is 0.122 e. The van der Waals surface area contributed by atoms with Crippen LogP contribution in [0.25, 0.3) is 0 Å². The van der Waals surface area contributed by atoms with Crippen LogP contribution in [0, 0.1) is 5.41 Å². The Morgan fingerprint density at radius 3 is 2.25 bits per heavy atom. The van der Waals surface area contributed by atoms with Gasteiger partial charge in [0.1, 0.15) is 5.75 Å². The number of benzene rings is 1. The summed E-state index contributed by atoms with van der Waals surface area (Å²) in [5.41, 5.74) is 1.74. The van der Waals surface area contributed by atoms with Gasteiger partial charge in [-0.3, -0.25) is 0 Å². The summed E-state index contributed by atoms with van der Waals surface area (Å²) in [6.45, 7) is 13.7. The number of methoxy groups -OCH3 is 1. The number of hydrogen-bond donors (Lipinski definition) is 1. The Kier molecular flexibility index (Phi) is 5.64. The summed E-state index contributed by atoms with van der Waals surface area (Å²) in [7, 11) is 1.74. The van der Waals surface area contributed by atoms with Crippen LogP contribution in [0.2, 0.25) is 0 Å². The third-order valence-electron chi connectivity index (χ3n) is 3.33. The van der Waals surface area contributed by atoms with Gasteiger partial charge in [0.2, 0.25) is 0 Å². The minimum absolute atomic E-state index is 0.139. The van der Waals surface area contributed by atoms with Crippen molar-refractivity contribution in [2.24, 2.45) is 5.41 Å². The zero-order chi connectivity index (χ0) is 15.4. The molecule has 1 unspecified atom stereocenters. The van der Waals surface area contributed by atoms with Crippen molar-refractivity contribution in [3.05, 3.63) is 29.8 Å². The van der Waals surface area contributed by atoms with Crippen LogP contribution in [-0.4, -0.2) is 18.7 Å². The third-order valence-corrected chi connectivity index (χ3v) is 3.33. The Bertz CT molecular complexity index is 418. The Hall–Kier alpha value is -1.02. The molecule has 0 aliphatic heterocycles. The third kappa shape index (κ3) is 5.96. The van der Waals surface area contributed by atoms with E-state index in [4.69, 9.17) is 4.74 Å². The first-order valence-electron chi connectivity index (χ1n) is 7.52. The quantitative estimate of drug-likeness (QED) is 0.830. The SMILES string of the molecule is COc1ccccc1CC(C)NC(C)(C)CC(C)(C)C. The van der Waals surface area contributed by atoms with Gasteiger partial charge in [-0.15, -0.1) is 0 Å². The van der Waals surface area contributed by atoms with Crippen LogP contribution in [-0.2, 0) is 6.42 Å². The van der Waals surface area contributed by atoms with Gasteiger partial charge in [0.25, 0.3) is 0 Å². The van der Waals surface area contributed by atoms with Gasteiger partial charge >= 0.3 is 0 Å². The summed E-state index contributed by atoms with van der Waals surface area (Å²) in [5, 5.41) is 3.76. The molecule has 0 aliphatic carbocycles. The Labute approximate surface area is 124 Å². The summed E-state index contributed by atoms with van der Waals surface area (Å²) in [5.74, 6) is 0.981. The summed E-state index contributed by atoms with van der Waals surface area (Å²) in [6, 6.07) is 8.69. The molecule has 2 heteroatoms. The van der Waals surface area contributed by atoms with Crippen LogP contribution in [0.3, 0.4) is 0 Å². The van der Waals surface area contributed by atoms with E-state index in [9.17, 15) is 0 Å². The average molecular weight is 277 g/mol. The Morgan fingerprint density at radius 2 is 1.70 bits per heavy atom. The monoisotopic (exact) mass is 277 g/mol. The van der Waals surface area contributed by atoms with Crippen LogP contribution < -0.4 is 10.1 Å². The molecule has 1 N–H and O–H groups in total. The van der Waals surface area contributed by atoms with Crippen molar-refractivity contribution in [3.8, 4) is 5.75 Å². The molecule has 114 valence electrons. The zero-order valence-corrected chi connectivity index (χ0v) is 14.2. The van der Waals surface area contributed by atoms with Gasteiger partial charge in [-0.2, -0.15) is 0 Å². The van der Waals surface area contributed by atoms with Crippen molar-refractivity contribution < 1.29 is 4.74 Å². The molecule has 1 atom stereocenters. The Balaban J connectivity index is 2.65. The first-order chi connectivity index (χ1) is 9.13. The van der Waals surface area contributed by atoms with E-state index in [1.165, 1.54) is 5.56 Å². The fourth-order valence-electron chi connectivity index (χ4n) is 3.30. The van der Waals surface area contributed by atoms with Crippen LogP contribution in [0.4, 0.5) is 0 Å². The molecule has 20 heavy (non-hydrogen) atoms. The number of hydrogen-bond acceptors (Lipinski definition) is 2. The van der Waals surface area contributed by atoms with E-state index in [2.05, 4.69) is 59.0 Å². The maximum atomic E-state index is 5.43. The highest BCUT2D eigenvalue weighted by atomic mass is 16.5.